The van der Waals surface area contributed by atoms with E-state index in [1.165, 1.54) is 12.2 Å². The molecule has 0 atom stereocenters. The Balaban J connectivity index is 1.99. The SMILES string of the molecule is O=C(Nc1ccccc1)NS(=O)(=O)C1C=CC=C1. The number of benzene rings is 1. The number of amides is 2. The van der Waals surface area contributed by atoms with Crippen LogP contribution in [0.4, 0.5) is 10.5 Å². The van der Waals surface area contributed by atoms with E-state index in [4.69, 9.17) is 0 Å². The summed E-state index contributed by atoms with van der Waals surface area (Å²) in [5, 5.41) is 1.65. The molecule has 0 saturated carbocycles. The van der Waals surface area contributed by atoms with E-state index in [1.807, 2.05) is 4.72 Å². The molecule has 0 radical (unpaired) electrons. The molecule has 0 spiro atoms. The first kappa shape index (κ1) is 12.4. The maximum Gasteiger partial charge on any atom is 0.332 e. The van der Waals surface area contributed by atoms with Gasteiger partial charge >= 0.3 is 6.03 Å². The number of rotatable bonds is 3. The Morgan fingerprint density at radius 1 is 1.06 bits per heavy atom. The van der Waals surface area contributed by atoms with Gasteiger partial charge in [0.25, 0.3) is 0 Å². The molecule has 0 saturated heterocycles. The summed E-state index contributed by atoms with van der Waals surface area (Å²) in [7, 11) is -3.71. The average Bonchev–Trinajstić information content (AvgIpc) is 2.83. The molecule has 18 heavy (non-hydrogen) atoms. The standard InChI is InChI=1S/C12H12N2O3S/c15-12(13-10-6-2-1-3-7-10)14-18(16,17)11-8-4-5-9-11/h1-9,11H,(H2,13,14,15). The van der Waals surface area contributed by atoms with Crippen molar-refractivity contribution in [2.24, 2.45) is 0 Å². The second-order valence-electron chi connectivity index (χ2n) is 3.70. The number of carbonyl (C=O) groups is 1. The Bertz CT molecular complexity index is 579. The van der Waals surface area contributed by atoms with E-state index in [1.54, 1.807) is 42.5 Å². The lowest BCUT2D eigenvalue weighted by atomic mass is 10.3. The Morgan fingerprint density at radius 2 is 1.67 bits per heavy atom. The van der Waals surface area contributed by atoms with E-state index in [-0.39, 0.29) is 0 Å². The predicted octanol–water partition coefficient (Wildman–Crippen LogP) is 1.63. The van der Waals surface area contributed by atoms with Gasteiger partial charge in [0.05, 0.1) is 0 Å². The van der Waals surface area contributed by atoms with Gasteiger partial charge in [-0.1, -0.05) is 42.5 Å². The fourth-order valence-electron chi connectivity index (χ4n) is 1.49. The second kappa shape index (κ2) is 5.05. The van der Waals surface area contributed by atoms with Gasteiger partial charge in [-0.05, 0) is 12.1 Å². The van der Waals surface area contributed by atoms with Crippen LogP contribution in [0, 0.1) is 0 Å². The summed E-state index contributed by atoms with van der Waals surface area (Å²) in [5.74, 6) is 0. The quantitative estimate of drug-likeness (QED) is 0.871. The van der Waals surface area contributed by atoms with Gasteiger partial charge in [-0.3, -0.25) is 0 Å². The number of hydrogen-bond donors (Lipinski definition) is 2. The minimum absolute atomic E-state index is 0.530. The molecule has 1 aliphatic carbocycles. The summed E-state index contributed by atoms with van der Waals surface area (Å²) in [6, 6.07) is 7.85. The molecule has 94 valence electrons. The number of nitrogens with one attached hydrogen (secondary N) is 2. The van der Waals surface area contributed by atoms with Gasteiger partial charge < -0.3 is 5.32 Å². The number of anilines is 1. The zero-order valence-corrected chi connectivity index (χ0v) is 10.2. The van der Waals surface area contributed by atoms with Crippen molar-refractivity contribution < 1.29 is 13.2 Å². The van der Waals surface area contributed by atoms with Crippen LogP contribution in [-0.2, 0) is 10.0 Å². The predicted molar refractivity (Wildman–Crippen MR) is 69.6 cm³/mol. The van der Waals surface area contributed by atoms with E-state index in [9.17, 15) is 13.2 Å². The summed E-state index contributed by atoms with van der Waals surface area (Å²) in [6.07, 6.45) is 6.24. The van der Waals surface area contributed by atoms with E-state index < -0.39 is 21.3 Å². The Labute approximate surface area is 105 Å². The second-order valence-corrected chi connectivity index (χ2v) is 5.54. The number of hydrogen-bond acceptors (Lipinski definition) is 3. The van der Waals surface area contributed by atoms with Crippen molar-refractivity contribution >= 4 is 21.7 Å². The summed E-state index contributed by atoms with van der Waals surface area (Å²) in [6.45, 7) is 0. The summed E-state index contributed by atoms with van der Waals surface area (Å²) in [4.78, 5) is 11.5. The molecule has 2 amide bonds. The Hall–Kier alpha value is -2.08. The monoisotopic (exact) mass is 264 g/mol. The van der Waals surface area contributed by atoms with Gasteiger partial charge in [-0.25, -0.2) is 17.9 Å². The molecule has 2 rings (SSSR count). The molecule has 2 N–H and O–H groups in total. The molecule has 6 heteroatoms. The fraction of sp³-hybridized carbons (Fsp3) is 0.0833. The molecule has 0 aliphatic heterocycles. The van der Waals surface area contributed by atoms with Crippen LogP contribution in [-0.4, -0.2) is 19.7 Å². The molecular weight excluding hydrogens is 252 g/mol. The van der Waals surface area contributed by atoms with Gasteiger partial charge in [-0.15, -0.1) is 0 Å². The highest BCUT2D eigenvalue weighted by molar-refractivity contribution is 7.91. The van der Waals surface area contributed by atoms with Gasteiger partial charge in [0, 0.05) is 5.69 Å². The van der Waals surface area contributed by atoms with Crippen LogP contribution < -0.4 is 10.0 Å². The minimum Gasteiger partial charge on any atom is -0.307 e. The number of allylic oxidation sites excluding steroid dienone is 2. The molecule has 1 aromatic rings. The summed E-state index contributed by atoms with van der Waals surface area (Å²) in [5.41, 5.74) is 0.530. The van der Waals surface area contributed by atoms with Gasteiger partial charge in [-0.2, -0.15) is 0 Å². The third kappa shape index (κ3) is 2.98. The third-order valence-corrected chi connectivity index (χ3v) is 3.84. The van der Waals surface area contributed by atoms with Gasteiger partial charge in [0.15, 0.2) is 0 Å². The van der Waals surface area contributed by atoms with Crippen molar-refractivity contribution in [2.75, 3.05) is 5.32 Å². The van der Waals surface area contributed by atoms with E-state index >= 15 is 0 Å². The zero-order chi connectivity index (χ0) is 13.0. The highest BCUT2D eigenvalue weighted by Gasteiger charge is 2.24. The Kier molecular flexibility index (Phi) is 3.47. The maximum absolute atomic E-state index is 11.8. The zero-order valence-electron chi connectivity index (χ0n) is 9.41. The molecular formula is C12H12N2O3S. The molecule has 1 aromatic carbocycles. The van der Waals surface area contributed by atoms with Gasteiger partial charge in [0.2, 0.25) is 10.0 Å². The van der Waals surface area contributed by atoms with Crippen molar-refractivity contribution in [1.29, 1.82) is 0 Å². The van der Waals surface area contributed by atoms with E-state index in [0.717, 1.165) is 0 Å². The number of para-hydroxylation sites is 1. The van der Waals surface area contributed by atoms with E-state index in [2.05, 4.69) is 5.32 Å². The van der Waals surface area contributed by atoms with Crippen LogP contribution in [0.1, 0.15) is 0 Å². The molecule has 0 bridgehead atoms. The molecule has 0 heterocycles. The van der Waals surface area contributed by atoms with Crippen molar-refractivity contribution in [2.45, 2.75) is 5.25 Å². The molecule has 0 unspecified atom stereocenters. The minimum atomic E-state index is -3.71. The normalized spacial score (nSPS) is 14.7. The number of carbonyl (C=O) groups excluding carboxylic acids is 1. The largest absolute Gasteiger partial charge is 0.332 e. The lowest BCUT2D eigenvalue weighted by Gasteiger charge is -2.10. The lowest BCUT2D eigenvalue weighted by Crippen LogP contribution is -2.39. The Morgan fingerprint density at radius 3 is 2.28 bits per heavy atom. The van der Waals surface area contributed by atoms with Crippen molar-refractivity contribution in [3.05, 3.63) is 54.6 Å². The lowest BCUT2D eigenvalue weighted by molar-refractivity contribution is 0.256. The topological polar surface area (TPSA) is 75.3 Å². The third-order valence-electron chi connectivity index (χ3n) is 2.34. The van der Waals surface area contributed by atoms with Crippen molar-refractivity contribution in [3.63, 3.8) is 0 Å². The molecule has 0 fully saturated rings. The van der Waals surface area contributed by atoms with Crippen LogP contribution >= 0.6 is 0 Å². The van der Waals surface area contributed by atoms with Gasteiger partial charge in [0.1, 0.15) is 5.25 Å². The van der Waals surface area contributed by atoms with Crippen LogP contribution in [0.3, 0.4) is 0 Å². The van der Waals surface area contributed by atoms with E-state index in [0.29, 0.717) is 5.69 Å². The number of sulfonamides is 1. The highest BCUT2D eigenvalue weighted by atomic mass is 32.2. The van der Waals surface area contributed by atoms with Crippen LogP contribution in [0.5, 0.6) is 0 Å². The summed E-state index contributed by atoms with van der Waals surface area (Å²) >= 11 is 0. The van der Waals surface area contributed by atoms with Crippen LogP contribution in [0.15, 0.2) is 54.6 Å². The first-order chi connectivity index (χ1) is 8.58. The van der Waals surface area contributed by atoms with Crippen molar-refractivity contribution in [1.82, 2.24) is 4.72 Å². The van der Waals surface area contributed by atoms with Crippen molar-refractivity contribution in [3.8, 4) is 0 Å². The fourth-order valence-corrected chi connectivity index (χ4v) is 2.53. The highest BCUT2D eigenvalue weighted by Crippen LogP contribution is 2.10. The molecule has 0 aromatic heterocycles. The molecule has 5 nitrogen and oxygen atoms in total. The maximum atomic E-state index is 11.8. The first-order valence-electron chi connectivity index (χ1n) is 5.30. The first-order valence-corrected chi connectivity index (χ1v) is 6.85. The number of urea groups is 1. The smallest absolute Gasteiger partial charge is 0.307 e. The van der Waals surface area contributed by atoms with Crippen LogP contribution in [0.25, 0.3) is 0 Å². The molecule has 1 aliphatic rings. The average molecular weight is 264 g/mol. The summed E-state index contributed by atoms with van der Waals surface area (Å²) < 4.78 is 25.5. The van der Waals surface area contributed by atoms with Crippen LogP contribution in [0.2, 0.25) is 0 Å².